The van der Waals surface area contributed by atoms with Gasteiger partial charge in [-0.3, -0.25) is 0 Å². The van der Waals surface area contributed by atoms with E-state index in [-0.39, 0.29) is 5.75 Å². The highest BCUT2D eigenvalue weighted by Crippen LogP contribution is 2.51. The van der Waals surface area contributed by atoms with E-state index in [1.165, 1.54) is 0 Å². The average Bonchev–Trinajstić information content (AvgIpc) is 3.14. The number of aryl methyl sites for hydroxylation is 1. The number of phenols is 1. The van der Waals surface area contributed by atoms with Gasteiger partial charge in [0.15, 0.2) is 12.4 Å². The molecule has 3 aromatic rings. The fourth-order valence-electron chi connectivity index (χ4n) is 4.03. The van der Waals surface area contributed by atoms with Gasteiger partial charge in [0, 0.05) is 42.5 Å². The van der Waals surface area contributed by atoms with Crippen molar-refractivity contribution in [1.82, 2.24) is 4.90 Å². The van der Waals surface area contributed by atoms with Gasteiger partial charge in [-0.1, -0.05) is 35.9 Å². The number of hydrogen-bond donors (Lipinski definition) is 1. The molecule has 0 fully saturated rings. The zero-order valence-corrected chi connectivity index (χ0v) is 17.0. The van der Waals surface area contributed by atoms with Crippen LogP contribution in [0.2, 0.25) is 5.02 Å². The lowest BCUT2D eigenvalue weighted by Crippen LogP contribution is -2.25. The number of nitrogens with zero attached hydrogens (tertiary/aromatic N) is 2. The molecule has 0 spiro atoms. The van der Waals surface area contributed by atoms with Crippen LogP contribution in [0, 0.1) is 0 Å². The highest BCUT2D eigenvalue weighted by Gasteiger charge is 2.29. The second kappa shape index (κ2) is 6.64. The van der Waals surface area contributed by atoms with Gasteiger partial charge in [0.2, 0.25) is 0 Å². The number of aromatic nitrogens is 1. The van der Waals surface area contributed by atoms with Crippen molar-refractivity contribution in [2.45, 2.75) is 0 Å². The molecule has 0 saturated heterocycles. The van der Waals surface area contributed by atoms with E-state index in [0.717, 1.165) is 44.2 Å². The summed E-state index contributed by atoms with van der Waals surface area (Å²) in [7, 11) is 4.00. The predicted molar refractivity (Wildman–Crippen MR) is 118 cm³/mol. The summed E-state index contributed by atoms with van der Waals surface area (Å²) in [5.41, 5.74) is 6.28. The van der Waals surface area contributed by atoms with Crippen molar-refractivity contribution in [3.05, 3.63) is 107 Å². The normalized spacial score (nSPS) is 15.3. The van der Waals surface area contributed by atoms with Crippen molar-refractivity contribution in [1.29, 1.82) is 0 Å². The Morgan fingerprint density at radius 3 is 2.28 bits per heavy atom. The molecule has 2 aromatic carbocycles. The molecule has 142 valence electrons. The molecule has 4 heteroatoms. The van der Waals surface area contributed by atoms with Gasteiger partial charge in [-0.2, -0.15) is 0 Å². The minimum atomic E-state index is 0.133. The number of fused-ring (bicyclic) bond motifs is 3. The van der Waals surface area contributed by atoms with Crippen LogP contribution >= 0.6 is 11.6 Å². The number of rotatable bonds is 1. The molecule has 0 bridgehead atoms. The van der Waals surface area contributed by atoms with Gasteiger partial charge < -0.3 is 10.0 Å². The molecule has 1 aliphatic heterocycles. The third-order valence-electron chi connectivity index (χ3n) is 5.54. The molecule has 0 radical (unpaired) electrons. The summed E-state index contributed by atoms with van der Waals surface area (Å²) in [6, 6.07) is 12.0. The van der Waals surface area contributed by atoms with Crippen LogP contribution in [0.4, 0.5) is 0 Å². The molecule has 1 aliphatic carbocycles. The second-order valence-electron chi connectivity index (χ2n) is 7.43. The zero-order valence-electron chi connectivity index (χ0n) is 16.2. The largest absolute Gasteiger partial charge is 0.506 e. The third-order valence-corrected chi connectivity index (χ3v) is 5.90. The van der Waals surface area contributed by atoms with Gasteiger partial charge in [-0.15, -0.1) is 0 Å². The van der Waals surface area contributed by atoms with Gasteiger partial charge >= 0.3 is 0 Å². The molecular weight excluding hydrogens is 380 g/mol. The number of benzene rings is 2. The van der Waals surface area contributed by atoms with Gasteiger partial charge in [0.25, 0.3) is 0 Å². The molecule has 3 nitrogen and oxygen atoms in total. The number of halogens is 1. The highest BCUT2D eigenvalue weighted by molar-refractivity contribution is 6.37. The SMILES string of the molecule is CN1C=CC(=C2C=C(c3cc[n+](C)cc3)c3c(Cl)c(O)c4ccccc4c32)C=C1. The molecule has 0 atom stereocenters. The van der Waals surface area contributed by atoms with Crippen molar-refractivity contribution in [3.8, 4) is 5.75 Å². The fourth-order valence-corrected chi connectivity index (χ4v) is 4.32. The first-order valence-electron chi connectivity index (χ1n) is 9.48. The van der Waals surface area contributed by atoms with Crippen molar-refractivity contribution >= 4 is 33.5 Å². The second-order valence-corrected chi connectivity index (χ2v) is 7.81. The Labute approximate surface area is 174 Å². The van der Waals surface area contributed by atoms with E-state index >= 15 is 0 Å². The van der Waals surface area contributed by atoms with E-state index in [2.05, 4.69) is 36.4 Å². The Morgan fingerprint density at radius 1 is 0.931 bits per heavy atom. The Morgan fingerprint density at radius 2 is 1.59 bits per heavy atom. The molecule has 5 rings (SSSR count). The summed E-state index contributed by atoms with van der Waals surface area (Å²) >= 11 is 6.76. The number of phenolic OH excluding ortho intramolecular Hbond substituents is 1. The molecule has 1 aromatic heterocycles. The van der Waals surface area contributed by atoms with Gasteiger partial charge in [0.05, 0.1) is 5.02 Å². The Hall–Kier alpha value is -3.30. The van der Waals surface area contributed by atoms with Crippen molar-refractivity contribution in [2.75, 3.05) is 7.05 Å². The minimum Gasteiger partial charge on any atom is -0.506 e. The van der Waals surface area contributed by atoms with Crippen LogP contribution in [0.25, 0.3) is 21.9 Å². The molecule has 1 N–H and O–H groups in total. The number of aromatic hydroxyl groups is 1. The Kier molecular flexibility index (Phi) is 4.07. The molecular formula is C25H20ClN2O+. The molecule has 0 unspecified atom stereocenters. The van der Waals surface area contributed by atoms with Crippen LogP contribution < -0.4 is 4.57 Å². The predicted octanol–water partition coefficient (Wildman–Crippen LogP) is 5.20. The van der Waals surface area contributed by atoms with Crippen LogP contribution in [-0.2, 0) is 7.05 Å². The molecule has 0 amide bonds. The lowest BCUT2D eigenvalue weighted by atomic mass is 9.92. The first-order chi connectivity index (χ1) is 14.0. The maximum atomic E-state index is 10.8. The number of hydrogen-bond acceptors (Lipinski definition) is 2. The standard InChI is InChI=1S/C25H19ClN2O/c1-27-11-7-16(8-12-27)20-15-21(17-9-13-28(2)14-10-17)23-22(20)18-5-3-4-6-19(18)25(29)24(23)26/h3-15H,1-2H3/p+1. The zero-order chi connectivity index (χ0) is 20.1. The average molecular weight is 400 g/mol. The topological polar surface area (TPSA) is 27.4 Å². The van der Waals surface area contributed by atoms with Crippen molar-refractivity contribution in [3.63, 3.8) is 0 Å². The number of allylic oxidation sites excluding steroid dienone is 5. The number of pyridine rings is 1. The maximum Gasteiger partial charge on any atom is 0.169 e. The molecule has 2 heterocycles. The van der Waals surface area contributed by atoms with E-state index in [4.69, 9.17) is 11.6 Å². The summed E-state index contributed by atoms with van der Waals surface area (Å²) in [6.07, 6.45) is 14.5. The summed E-state index contributed by atoms with van der Waals surface area (Å²) < 4.78 is 2.00. The highest BCUT2D eigenvalue weighted by atomic mass is 35.5. The Balaban J connectivity index is 1.88. The first kappa shape index (κ1) is 17.8. The fraction of sp³-hybridized carbons (Fsp3) is 0.0800. The van der Waals surface area contributed by atoms with E-state index in [0.29, 0.717) is 5.02 Å². The Bertz CT molecular complexity index is 1260. The molecule has 0 saturated carbocycles. The van der Waals surface area contributed by atoms with Crippen LogP contribution in [0.5, 0.6) is 5.75 Å². The smallest absolute Gasteiger partial charge is 0.169 e. The van der Waals surface area contributed by atoms with Crippen LogP contribution in [0.1, 0.15) is 16.7 Å². The summed E-state index contributed by atoms with van der Waals surface area (Å²) in [6.45, 7) is 0. The summed E-state index contributed by atoms with van der Waals surface area (Å²) in [5, 5.41) is 13.0. The monoisotopic (exact) mass is 399 g/mol. The van der Waals surface area contributed by atoms with E-state index in [9.17, 15) is 5.11 Å². The van der Waals surface area contributed by atoms with E-state index in [1.54, 1.807) is 0 Å². The van der Waals surface area contributed by atoms with E-state index < -0.39 is 0 Å². The van der Waals surface area contributed by atoms with Crippen molar-refractivity contribution < 1.29 is 9.67 Å². The van der Waals surface area contributed by atoms with Crippen LogP contribution in [-0.4, -0.2) is 17.1 Å². The lowest BCUT2D eigenvalue weighted by molar-refractivity contribution is -0.671. The van der Waals surface area contributed by atoms with Gasteiger partial charge in [0.1, 0.15) is 12.8 Å². The van der Waals surface area contributed by atoms with Gasteiger partial charge in [-0.25, -0.2) is 4.57 Å². The molecule has 2 aliphatic rings. The van der Waals surface area contributed by atoms with E-state index in [1.807, 2.05) is 66.6 Å². The quantitative estimate of drug-likeness (QED) is 0.570. The maximum absolute atomic E-state index is 10.8. The van der Waals surface area contributed by atoms with Crippen LogP contribution in [0.15, 0.2) is 85.0 Å². The summed E-state index contributed by atoms with van der Waals surface area (Å²) in [5.74, 6) is 0.133. The molecule has 29 heavy (non-hydrogen) atoms. The first-order valence-corrected chi connectivity index (χ1v) is 9.86. The van der Waals surface area contributed by atoms with Crippen molar-refractivity contribution in [2.24, 2.45) is 7.05 Å². The lowest BCUT2D eigenvalue weighted by Gasteiger charge is -2.16. The third kappa shape index (κ3) is 2.78. The minimum absolute atomic E-state index is 0.133. The summed E-state index contributed by atoms with van der Waals surface area (Å²) in [4.78, 5) is 2.02. The van der Waals surface area contributed by atoms with Crippen LogP contribution in [0.3, 0.4) is 0 Å². The van der Waals surface area contributed by atoms with Gasteiger partial charge in [-0.05, 0) is 51.5 Å².